The SMILES string of the molecule is FCc1cnn(-c2ccc(Cl)cc2Cl)c1-c1ccc(Cl)cc1. The van der Waals surface area contributed by atoms with E-state index in [0.717, 1.165) is 5.56 Å². The molecule has 0 aliphatic carbocycles. The monoisotopic (exact) mass is 354 g/mol. The number of halogens is 4. The Hall–Kier alpha value is -1.55. The Morgan fingerprint density at radius 3 is 2.27 bits per heavy atom. The van der Waals surface area contributed by atoms with Crippen LogP contribution in [0.4, 0.5) is 4.39 Å². The first-order chi connectivity index (χ1) is 10.6. The van der Waals surface area contributed by atoms with Crippen molar-refractivity contribution in [3.05, 3.63) is 69.3 Å². The molecule has 0 spiro atoms. The van der Waals surface area contributed by atoms with Gasteiger partial charge in [0.25, 0.3) is 0 Å². The van der Waals surface area contributed by atoms with E-state index in [-0.39, 0.29) is 0 Å². The molecule has 3 aromatic rings. The minimum absolute atomic E-state index is 0.441. The van der Waals surface area contributed by atoms with Crippen LogP contribution < -0.4 is 0 Å². The topological polar surface area (TPSA) is 17.8 Å². The van der Waals surface area contributed by atoms with Gasteiger partial charge in [0.05, 0.1) is 22.6 Å². The van der Waals surface area contributed by atoms with Crippen molar-refractivity contribution in [2.75, 3.05) is 0 Å². The van der Waals surface area contributed by atoms with Gasteiger partial charge in [-0.2, -0.15) is 5.10 Å². The van der Waals surface area contributed by atoms with Crippen molar-refractivity contribution >= 4 is 34.8 Å². The van der Waals surface area contributed by atoms with Gasteiger partial charge >= 0.3 is 0 Å². The van der Waals surface area contributed by atoms with Crippen molar-refractivity contribution in [3.63, 3.8) is 0 Å². The Kier molecular flexibility index (Phi) is 4.39. The fourth-order valence-corrected chi connectivity index (χ4v) is 2.85. The average Bonchev–Trinajstić information content (AvgIpc) is 2.92. The zero-order valence-electron chi connectivity index (χ0n) is 11.2. The molecule has 2 nitrogen and oxygen atoms in total. The van der Waals surface area contributed by atoms with Gasteiger partial charge in [0.1, 0.15) is 6.67 Å². The lowest BCUT2D eigenvalue weighted by Crippen LogP contribution is -2.00. The molecule has 0 fully saturated rings. The van der Waals surface area contributed by atoms with E-state index in [1.54, 1.807) is 35.0 Å². The zero-order valence-corrected chi connectivity index (χ0v) is 13.5. The van der Waals surface area contributed by atoms with Gasteiger partial charge < -0.3 is 0 Å². The van der Waals surface area contributed by atoms with Crippen LogP contribution in [0.1, 0.15) is 5.56 Å². The molecule has 22 heavy (non-hydrogen) atoms. The molecule has 3 rings (SSSR count). The summed E-state index contributed by atoms with van der Waals surface area (Å²) >= 11 is 18.1. The van der Waals surface area contributed by atoms with E-state index in [0.29, 0.717) is 32.0 Å². The summed E-state index contributed by atoms with van der Waals surface area (Å²) in [6.07, 6.45) is 1.49. The van der Waals surface area contributed by atoms with Crippen LogP contribution in [0.15, 0.2) is 48.7 Å². The van der Waals surface area contributed by atoms with Crippen LogP contribution in [0.2, 0.25) is 15.1 Å². The first-order valence-corrected chi connectivity index (χ1v) is 7.58. The molecular formula is C16H10Cl3FN2. The summed E-state index contributed by atoms with van der Waals surface area (Å²) in [5.74, 6) is 0. The number of alkyl halides is 1. The lowest BCUT2D eigenvalue weighted by molar-refractivity contribution is 0.486. The summed E-state index contributed by atoms with van der Waals surface area (Å²) in [6.45, 7) is -0.622. The number of rotatable bonds is 3. The number of nitrogens with zero attached hydrogens (tertiary/aromatic N) is 2. The summed E-state index contributed by atoms with van der Waals surface area (Å²) in [5, 5.41) is 5.84. The molecular weight excluding hydrogens is 346 g/mol. The average molecular weight is 356 g/mol. The Morgan fingerprint density at radius 1 is 0.955 bits per heavy atom. The number of aromatic nitrogens is 2. The fourth-order valence-electron chi connectivity index (χ4n) is 2.23. The molecule has 0 N–H and O–H groups in total. The quantitative estimate of drug-likeness (QED) is 0.566. The lowest BCUT2D eigenvalue weighted by Gasteiger charge is -2.11. The molecule has 0 atom stereocenters. The van der Waals surface area contributed by atoms with Gasteiger partial charge in [0, 0.05) is 21.2 Å². The van der Waals surface area contributed by atoms with Crippen LogP contribution in [-0.4, -0.2) is 9.78 Å². The van der Waals surface area contributed by atoms with Gasteiger partial charge in [-0.05, 0) is 30.3 Å². The van der Waals surface area contributed by atoms with Crippen molar-refractivity contribution < 1.29 is 4.39 Å². The molecule has 0 saturated heterocycles. The third-order valence-corrected chi connectivity index (χ3v) is 4.03. The highest BCUT2D eigenvalue weighted by atomic mass is 35.5. The van der Waals surface area contributed by atoms with Crippen molar-refractivity contribution in [2.24, 2.45) is 0 Å². The maximum Gasteiger partial charge on any atom is 0.118 e. The molecule has 0 amide bonds. The Balaban J connectivity index is 2.21. The predicted octanol–water partition coefficient (Wildman–Crippen LogP) is 5.97. The van der Waals surface area contributed by atoms with E-state index in [1.807, 2.05) is 12.1 Å². The number of hydrogen-bond acceptors (Lipinski definition) is 1. The second kappa shape index (κ2) is 6.29. The van der Waals surface area contributed by atoms with E-state index in [4.69, 9.17) is 34.8 Å². The minimum atomic E-state index is -0.622. The summed E-state index contributed by atoms with van der Waals surface area (Å²) in [6, 6.07) is 12.2. The highest BCUT2D eigenvalue weighted by Gasteiger charge is 2.16. The summed E-state index contributed by atoms with van der Waals surface area (Å²) in [4.78, 5) is 0. The molecule has 112 valence electrons. The third-order valence-electron chi connectivity index (χ3n) is 3.24. The number of benzene rings is 2. The van der Waals surface area contributed by atoms with E-state index >= 15 is 0 Å². The molecule has 0 aliphatic heterocycles. The van der Waals surface area contributed by atoms with Gasteiger partial charge in [0.15, 0.2) is 0 Å². The molecule has 1 heterocycles. The summed E-state index contributed by atoms with van der Waals surface area (Å²) in [5.41, 5.74) is 2.56. The van der Waals surface area contributed by atoms with Gasteiger partial charge in [-0.1, -0.05) is 46.9 Å². The van der Waals surface area contributed by atoms with Crippen LogP contribution in [0.5, 0.6) is 0 Å². The maximum atomic E-state index is 13.3. The van der Waals surface area contributed by atoms with Crippen molar-refractivity contribution in [1.82, 2.24) is 9.78 Å². The molecule has 6 heteroatoms. The molecule has 0 saturated carbocycles. The van der Waals surface area contributed by atoms with E-state index < -0.39 is 6.67 Å². The van der Waals surface area contributed by atoms with Gasteiger partial charge in [0.2, 0.25) is 0 Å². The third kappa shape index (κ3) is 2.84. The highest BCUT2D eigenvalue weighted by molar-refractivity contribution is 6.35. The Morgan fingerprint density at radius 2 is 1.64 bits per heavy atom. The minimum Gasteiger partial charge on any atom is -0.246 e. The van der Waals surface area contributed by atoms with Crippen molar-refractivity contribution in [2.45, 2.75) is 6.67 Å². The van der Waals surface area contributed by atoms with E-state index in [9.17, 15) is 4.39 Å². The van der Waals surface area contributed by atoms with E-state index in [1.165, 1.54) is 6.20 Å². The number of hydrogen-bond donors (Lipinski definition) is 0. The molecule has 0 unspecified atom stereocenters. The lowest BCUT2D eigenvalue weighted by atomic mass is 10.1. The smallest absolute Gasteiger partial charge is 0.118 e. The van der Waals surface area contributed by atoms with Crippen LogP contribution in [-0.2, 0) is 6.67 Å². The van der Waals surface area contributed by atoms with Gasteiger partial charge in [-0.25, -0.2) is 9.07 Å². The fraction of sp³-hybridized carbons (Fsp3) is 0.0625. The van der Waals surface area contributed by atoms with Crippen LogP contribution >= 0.6 is 34.8 Å². The first-order valence-electron chi connectivity index (χ1n) is 6.44. The zero-order chi connectivity index (χ0) is 15.7. The van der Waals surface area contributed by atoms with Crippen LogP contribution in [0.25, 0.3) is 16.9 Å². The first kappa shape index (κ1) is 15.3. The summed E-state index contributed by atoms with van der Waals surface area (Å²) < 4.78 is 14.9. The second-order valence-electron chi connectivity index (χ2n) is 4.67. The van der Waals surface area contributed by atoms with E-state index in [2.05, 4.69) is 5.10 Å². The molecule has 2 aromatic carbocycles. The van der Waals surface area contributed by atoms with Crippen LogP contribution in [0.3, 0.4) is 0 Å². The largest absolute Gasteiger partial charge is 0.246 e. The molecule has 0 radical (unpaired) electrons. The molecule has 0 bridgehead atoms. The van der Waals surface area contributed by atoms with Crippen LogP contribution in [0, 0.1) is 0 Å². The Labute approximate surface area is 142 Å². The van der Waals surface area contributed by atoms with Crippen molar-refractivity contribution in [3.8, 4) is 16.9 Å². The molecule has 1 aromatic heterocycles. The standard InChI is InChI=1S/C16H10Cl3FN2/c17-12-3-1-10(2-4-12)16-11(8-20)9-21-22(16)15-6-5-13(18)7-14(15)19/h1-7,9H,8H2. The highest BCUT2D eigenvalue weighted by Crippen LogP contribution is 2.32. The van der Waals surface area contributed by atoms with Gasteiger partial charge in [-0.3, -0.25) is 0 Å². The van der Waals surface area contributed by atoms with Gasteiger partial charge in [-0.15, -0.1) is 0 Å². The predicted molar refractivity (Wildman–Crippen MR) is 88.8 cm³/mol. The second-order valence-corrected chi connectivity index (χ2v) is 5.95. The Bertz CT molecular complexity index is 813. The molecule has 0 aliphatic rings. The van der Waals surface area contributed by atoms with Crippen molar-refractivity contribution in [1.29, 1.82) is 0 Å². The summed E-state index contributed by atoms with van der Waals surface area (Å²) in [7, 11) is 0. The maximum absolute atomic E-state index is 13.3. The normalized spacial score (nSPS) is 10.9.